The van der Waals surface area contributed by atoms with Crippen molar-refractivity contribution in [3.63, 3.8) is 0 Å². The number of hydrogen-bond donors (Lipinski definition) is 1. The molecule has 0 radical (unpaired) electrons. The Kier molecular flexibility index (Phi) is 7.90. The number of nitrogens with zero attached hydrogens (tertiary/aromatic N) is 2. The van der Waals surface area contributed by atoms with Crippen molar-refractivity contribution >= 4 is 50.1 Å². The average molecular weight is 532 g/mol. The number of amides is 1. The number of carbonyl (C=O) groups excluding carboxylic acids is 2. The minimum atomic E-state index is -3.61. The van der Waals surface area contributed by atoms with Crippen LogP contribution in [-0.4, -0.2) is 56.0 Å². The van der Waals surface area contributed by atoms with Crippen molar-refractivity contribution < 1.29 is 22.7 Å². The first-order chi connectivity index (χ1) is 16.8. The van der Waals surface area contributed by atoms with Crippen molar-refractivity contribution in [3.8, 4) is 11.3 Å². The fourth-order valence-corrected chi connectivity index (χ4v) is 7.21. The Balaban J connectivity index is 1.36. The van der Waals surface area contributed by atoms with E-state index < -0.39 is 16.0 Å². The van der Waals surface area contributed by atoms with Gasteiger partial charge in [-0.3, -0.25) is 4.79 Å². The van der Waals surface area contributed by atoms with Crippen molar-refractivity contribution in [1.82, 2.24) is 9.29 Å². The van der Waals surface area contributed by atoms with E-state index in [4.69, 9.17) is 4.74 Å². The van der Waals surface area contributed by atoms with Gasteiger partial charge in [-0.2, -0.15) is 4.31 Å². The van der Waals surface area contributed by atoms with E-state index in [0.717, 1.165) is 5.56 Å². The first-order valence-electron chi connectivity index (χ1n) is 10.9. The predicted molar refractivity (Wildman–Crippen MR) is 137 cm³/mol. The van der Waals surface area contributed by atoms with Crippen LogP contribution in [-0.2, 0) is 19.6 Å². The normalized spacial score (nSPS) is 15.0. The Morgan fingerprint density at radius 1 is 1.11 bits per heavy atom. The number of ether oxygens (including phenoxy) is 1. The molecule has 1 aliphatic rings. The summed E-state index contributed by atoms with van der Waals surface area (Å²) in [5.41, 5.74) is 1.96. The summed E-state index contributed by atoms with van der Waals surface area (Å²) >= 11 is 2.71. The van der Waals surface area contributed by atoms with E-state index >= 15 is 0 Å². The molecule has 184 valence electrons. The number of aromatic nitrogens is 1. The molecule has 11 heteroatoms. The number of benzene rings is 2. The van der Waals surface area contributed by atoms with E-state index in [1.165, 1.54) is 34.5 Å². The fourth-order valence-electron chi connectivity index (χ4n) is 3.90. The lowest BCUT2D eigenvalue weighted by Crippen LogP contribution is -2.41. The first-order valence-corrected chi connectivity index (χ1v) is 14.5. The zero-order chi connectivity index (χ0) is 25.0. The highest BCUT2D eigenvalue weighted by Gasteiger charge is 2.33. The molecule has 0 spiro atoms. The summed E-state index contributed by atoms with van der Waals surface area (Å²) in [5.74, 6) is -0.854. The van der Waals surface area contributed by atoms with E-state index in [2.05, 4.69) is 10.3 Å². The highest BCUT2D eigenvalue weighted by Crippen LogP contribution is 2.31. The summed E-state index contributed by atoms with van der Waals surface area (Å²) < 4.78 is 32.4. The molecular weight excluding hydrogens is 506 g/mol. The molecule has 1 saturated heterocycles. The Bertz CT molecular complexity index is 1310. The maximum atomic E-state index is 13.1. The van der Waals surface area contributed by atoms with E-state index in [9.17, 15) is 18.0 Å². The lowest BCUT2D eigenvalue weighted by molar-refractivity contribution is -0.120. The fraction of sp³-hybridized carbons (Fsp3) is 0.292. The van der Waals surface area contributed by atoms with Gasteiger partial charge in [0.2, 0.25) is 15.9 Å². The quantitative estimate of drug-likeness (QED) is 0.357. The van der Waals surface area contributed by atoms with Gasteiger partial charge in [-0.15, -0.1) is 23.1 Å². The minimum absolute atomic E-state index is 0.159. The SMILES string of the molecule is COC(=O)c1ccc(-c2csc(NC(=O)C3CCN(S(=O)(=O)c4ccccc4SC)CC3)n2)cc1. The standard InChI is InChI=1S/C24H25N3O5S3/c1-32-23(29)18-9-7-16(8-10-18)19-15-34-24(25-19)26-22(28)17-11-13-27(14-12-17)35(30,31)21-6-4-3-5-20(21)33-2/h3-10,15,17H,11-14H2,1-2H3,(H,25,26,28). The highest BCUT2D eigenvalue weighted by atomic mass is 32.2. The Labute approximate surface area is 212 Å². The number of thiazole rings is 1. The van der Waals surface area contributed by atoms with Crippen LogP contribution in [0.5, 0.6) is 0 Å². The largest absolute Gasteiger partial charge is 0.465 e. The molecule has 2 heterocycles. The maximum Gasteiger partial charge on any atom is 0.337 e. The molecule has 35 heavy (non-hydrogen) atoms. The van der Waals surface area contributed by atoms with Crippen molar-refractivity contribution in [1.29, 1.82) is 0 Å². The summed E-state index contributed by atoms with van der Waals surface area (Å²) in [7, 11) is -2.28. The van der Waals surface area contributed by atoms with Crippen LogP contribution < -0.4 is 5.32 Å². The average Bonchev–Trinajstić information content (AvgIpc) is 3.36. The van der Waals surface area contributed by atoms with Crippen molar-refractivity contribution in [3.05, 3.63) is 59.5 Å². The number of anilines is 1. The second kappa shape index (κ2) is 10.9. The second-order valence-corrected chi connectivity index (χ2v) is 11.5. The van der Waals surface area contributed by atoms with Gasteiger partial charge in [0.1, 0.15) is 0 Å². The minimum Gasteiger partial charge on any atom is -0.465 e. The van der Waals surface area contributed by atoms with Crippen LogP contribution in [0.4, 0.5) is 5.13 Å². The van der Waals surface area contributed by atoms with Gasteiger partial charge in [0.05, 0.1) is 23.3 Å². The summed E-state index contributed by atoms with van der Waals surface area (Å²) in [6.45, 7) is 0.581. The molecule has 0 bridgehead atoms. The van der Waals surface area contributed by atoms with Crippen molar-refractivity contribution in [2.24, 2.45) is 5.92 Å². The second-order valence-electron chi connectivity index (χ2n) is 7.93. The number of rotatable bonds is 7. The summed E-state index contributed by atoms with van der Waals surface area (Å²) in [4.78, 5) is 29.9. The molecule has 8 nitrogen and oxygen atoms in total. The van der Waals surface area contributed by atoms with Gasteiger partial charge in [0.25, 0.3) is 0 Å². The van der Waals surface area contributed by atoms with Gasteiger partial charge in [-0.25, -0.2) is 18.2 Å². The van der Waals surface area contributed by atoms with Gasteiger partial charge in [0, 0.05) is 34.8 Å². The lowest BCUT2D eigenvalue weighted by Gasteiger charge is -2.30. The number of methoxy groups -OCH3 is 1. The highest BCUT2D eigenvalue weighted by molar-refractivity contribution is 7.99. The Morgan fingerprint density at radius 3 is 2.46 bits per heavy atom. The van der Waals surface area contributed by atoms with Crippen LogP contribution in [0.2, 0.25) is 0 Å². The van der Waals surface area contributed by atoms with E-state index in [1.807, 2.05) is 17.7 Å². The third kappa shape index (κ3) is 5.58. The zero-order valence-corrected chi connectivity index (χ0v) is 21.7. The van der Waals surface area contributed by atoms with Crippen LogP contribution in [0.15, 0.2) is 63.7 Å². The number of carbonyl (C=O) groups is 2. The third-order valence-corrected chi connectivity index (χ3v) is 9.49. The van der Waals surface area contributed by atoms with Crippen LogP contribution in [0.25, 0.3) is 11.3 Å². The third-order valence-electron chi connectivity index (χ3n) is 5.85. The molecule has 0 saturated carbocycles. The van der Waals surface area contributed by atoms with Gasteiger partial charge in [0.15, 0.2) is 5.13 Å². The van der Waals surface area contributed by atoms with Gasteiger partial charge >= 0.3 is 5.97 Å². The molecule has 0 unspecified atom stereocenters. The van der Waals surface area contributed by atoms with E-state index in [1.54, 1.807) is 42.5 Å². The number of esters is 1. The van der Waals surface area contributed by atoms with Crippen LogP contribution >= 0.6 is 23.1 Å². The predicted octanol–water partition coefficient (Wildman–Crippen LogP) is 4.36. The van der Waals surface area contributed by atoms with Gasteiger partial charge in [-0.1, -0.05) is 24.3 Å². The molecule has 1 aromatic heterocycles. The molecule has 4 rings (SSSR count). The molecule has 1 aliphatic heterocycles. The maximum absolute atomic E-state index is 13.1. The number of sulfonamides is 1. The molecule has 1 N–H and O–H groups in total. The Morgan fingerprint density at radius 2 is 1.80 bits per heavy atom. The van der Waals surface area contributed by atoms with Crippen LogP contribution in [0.1, 0.15) is 23.2 Å². The summed E-state index contributed by atoms with van der Waals surface area (Å²) in [5, 5.41) is 5.18. The van der Waals surface area contributed by atoms with E-state index in [0.29, 0.717) is 52.1 Å². The zero-order valence-electron chi connectivity index (χ0n) is 19.3. The summed E-state index contributed by atoms with van der Waals surface area (Å²) in [6, 6.07) is 13.9. The number of nitrogens with one attached hydrogen (secondary N) is 1. The smallest absolute Gasteiger partial charge is 0.337 e. The molecule has 0 atom stereocenters. The molecule has 3 aromatic rings. The number of piperidine rings is 1. The topological polar surface area (TPSA) is 106 Å². The molecule has 1 amide bonds. The molecule has 1 fully saturated rings. The monoisotopic (exact) mass is 531 g/mol. The lowest BCUT2D eigenvalue weighted by atomic mass is 9.97. The van der Waals surface area contributed by atoms with Crippen molar-refractivity contribution in [2.45, 2.75) is 22.6 Å². The molecule has 0 aliphatic carbocycles. The van der Waals surface area contributed by atoms with Gasteiger partial charge < -0.3 is 10.1 Å². The summed E-state index contributed by atoms with van der Waals surface area (Å²) in [6.07, 6.45) is 2.74. The first kappa shape index (κ1) is 25.4. The van der Waals surface area contributed by atoms with Gasteiger partial charge in [-0.05, 0) is 43.4 Å². The Hall–Kier alpha value is -2.73. The van der Waals surface area contributed by atoms with Crippen molar-refractivity contribution in [2.75, 3.05) is 31.8 Å². The van der Waals surface area contributed by atoms with E-state index in [-0.39, 0.29) is 11.8 Å². The molecule has 2 aromatic carbocycles. The van der Waals surface area contributed by atoms with Crippen LogP contribution in [0, 0.1) is 5.92 Å². The number of thioether (sulfide) groups is 1. The number of hydrogen-bond acceptors (Lipinski definition) is 8. The van der Waals surface area contributed by atoms with Crippen LogP contribution in [0.3, 0.4) is 0 Å². The molecular formula is C24H25N3O5S3.